The van der Waals surface area contributed by atoms with E-state index in [4.69, 9.17) is 5.73 Å². The second kappa shape index (κ2) is 7.56. The van der Waals surface area contributed by atoms with Crippen molar-refractivity contribution in [3.63, 3.8) is 0 Å². The summed E-state index contributed by atoms with van der Waals surface area (Å²) in [7, 11) is 2.14. The smallest absolute Gasteiger partial charge is 0.141 e. The first kappa shape index (κ1) is 16.1. The minimum absolute atomic E-state index is 0.155. The molecule has 0 aliphatic heterocycles. The molecule has 2 atom stereocenters. The van der Waals surface area contributed by atoms with Crippen LogP contribution in [0.5, 0.6) is 0 Å². The van der Waals surface area contributed by atoms with Crippen LogP contribution in [0.4, 0.5) is 4.39 Å². The van der Waals surface area contributed by atoms with Crippen LogP contribution in [0.1, 0.15) is 45.3 Å². The molecule has 1 aromatic rings. The third-order valence-electron chi connectivity index (χ3n) is 3.85. The van der Waals surface area contributed by atoms with Crippen molar-refractivity contribution in [1.29, 1.82) is 0 Å². The molecule has 1 heterocycles. The van der Waals surface area contributed by atoms with Gasteiger partial charge in [-0.25, -0.2) is 4.39 Å². The quantitative estimate of drug-likeness (QED) is 0.826. The third kappa shape index (κ3) is 4.55. The maximum atomic E-state index is 12.8. The molecule has 2 N–H and O–H groups in total. The number of rotatable bonds is 7. The van der Waals surface area contributed by atoms with Crippen LogP contribution in [-0.4, -0.2) is 29.5 Å². The van der Waals surface area contributed by atoms with E-state index in [1.165, 1.54) is 12.3 Å². The molecule has 2 unspecified atom stereocenters. The monoisotopic (exact) mass is 267 g/mol. The van der Waals surface area contributed by atoms with Crippen molar-refractivity contribution in [2.24, 2.45) is 11.7 Å². The molecule has 0 aromatic carbocycles. The molecule has 0 aliphatic rings. The fourth-order valence-corrected chi connectivity index (χ4v) is 2.50. The van der Waals surface area contributed by atoms with E-state index in [-0.39, 0.29) is 17.8 Å². The van der Waals surface area contributed by atoms with Gasteiger partial charge in [-0.1, -0.05) is 20.8 Å². The van der Waals surface area contributed by atoms with Crippen molar-refractivity contribution in [3.05, 3.63) is 29.8 Å². The molecule has 0 aliphatic carbocycles. The minimum atomic E-state index is -0.322. The maximum absolute atomic E-state index is 12.8. The second-order valence-electron chi connectivity index (χ2n) is 5.31. The Hall–Kier alpha value is -1.00. The molecule has 0 radical (unpaired) electrons. The van der Waals surface area contributed by atoms with Gasteiger partial charge in [-0.3, -0.25) is 4.98 Å². The lowest BCUT2D eigenvalue weighted by atomic mass is 9.97. The summed E-state index contributed by atoms with van der Waals surface area (Å²) < 4.78 is 12.8. The van der Waals surface area contributed by atoms with Gasteiger partial charge < -0.3 is 10.6 Å². The Balaban J connectivity index is 2.61. The number of nitrogens with zero attached hydrogens (tertiary/aromatic N) is 2. The summed E-state index contributed by atoms with van der Waals surface area (Å²) in [6, 6.07) is 3.53. The standard InChI is InChI=1S/C15H26FN3/c1-5-13(6-2)19(4)10-11(3)15(17)14-8-7-12(16)9-18-14/h7-9,11,13,15H,5-6,10,17H2,1-4H3. The number of hydrogen-bond acceptors (Lipinski definition) is 3. The highest BCUT2D eigenvalue weighted by Gasteiger charge is 2.20. The van der Waals surface area contributed by atoms with Gasteiger partial charge in [0.05, 0.1) is 17.9 Å². The molecule has 0 saturated carbocycles. The molecule has 0 fully saturated rings. The van der Waals surface area contributed by atoms with Gasteiger partial charge in [-0.15, -0.1) is 0 Å². The Kier molecular flexibility index (Phi) is 6.38. The number of halogens is 1. The molecule has 1 aromatic heterocycles. The van der Waals surface area contributed by atoms with Crippen LogP contribution in [0.15, 0.2) is 18.3 Å². The zero-order valence-electron chi connectivity index (χ0n) is 12.4. The van der Waals surface area contributed by atoms with Crippen LogP contribution < -0.4 is 5.73 Å². The van der Waals surface area contributed by atoms with Crippen molar-refractivity contribution >= 4 is 0 Å². The summed E-state index contributed by atoms with van der Waals surface area (Å²) in [5.41, 5.74) is 6.96. The molecular weight excluding hydrogens is 241 g/mol. The first-order chi connectivity index (χ1) is 8.99. The van der Waals surface area contributed by atoms with Crippen molar-refractivity contribution < 1.29 is 4.39 Å². The van der Waals surface area contributed by atoms with E-state index in [0.717, 1.165) is 25.1 Å². The molecule has 0 amide bonds. The summed E-state index contributed by atoms with van der Waals surface area (Å²) in [6.07, 6.45) is 3.51. The van der Waals surface area contributed by atoms with Crippen molar-refractivity contribution in [3.8, 4) is 0 Å². The molecule has 0 saturated heterocycles. The highest BCUT2D eigenvalue weighted by atomic mass is 19.1. The minimum Gasteiger partial charge on any atom is -0.322 e. The molecule has 108 valence electrons. The number of pyridine rings is 1. The summed E-state index contributed by atoms with van der Waals surface area (Å²) in [6.45, 7) is 7.45. The first-order valence-corrected chi connectivity index (χ1v) is 7.06. The lowest BCUT2D eigenvalue weighted by Gasteiger charge is -2.30. The van der Waals surface area contributed by atoms with Crippen LogP contribution in [0, 0.1) is 11.7 Å². The molecule has 0 bridgehead atoms. The van der Waals surface area contributed by atoms with E-state index in [2.05, 4.69) is 37.7 Å². The second-order valence-corrected chi connectivity index (χ2v) is 5.31. The third-order valence-corrected chi connectivity index (χ3v) is 3.85. The zero-order valence-corrected chi connectivity index (χ0v) is 12.4. The van der Waals surface area contributed by atoms with Gasteiger partial charge in [0, 0.05) is 12.6 Å². The summed E-state index contributed by atoms with van der Waals surface area (Å²) in [5, 5.41) is 0. The van der Waals surface area contributed by atoms with Gasteiger partial charge in [0.15, 0.2) is 0 Å². The van der Waals surface area contributed by atoms with Gasteiger partial charge in [-0.05, 0) is 37.9 Å². The average molecular weight is 267 g/mol. The van der Waals surface area contributed by atoms with Crippen LogP contribution in [0.2, 0.25) is 0 Å². The highest BCUT2D eigenvalue weighted by Crippen LogP contribution is 2.20. The zero-order chi connectivity index (χ0) is 14.4. The van der Waals surface area contributed by atoms with E-state index in [1.807, 2.05) is 0 Å². The molecule has 1 rings (SSSR count). The fourth-order valence-electron chi connectivity index (χ4n) is 2.50. The average Bonchev–Trinajstić information content (AvgIpc) is 2.40. The van der Waals surface area contributed by atoms with Crippen LogP contribution in [-0.2, 0) is 0 Å². The largest absolute Gasteiger partial charge is 0.322 e. The van der Waals surface area contributed by atoms with Crippen LogP contribution in [0.3, 0.4) is 0 Å². The van der Waals surface area contributed by atoms with Gasteiger partial charge in [0.1, 0.15) is 5.82 Å². The molecular formula is C15H26FN3. The lowest BCUT2D eigenvalue weighted by Crippen LogP contribution is -2.37. The van der Waals surface area contributed by atoms with E-state index in [0.29, 0.717) is 6.04 Å². The maximum Gasteiger partial charge on any atom is 0.141 e. The van der Waals surface area contributed by atoms with E-state index < -0.39 is 0 Å². The summed E-state index contributed by atoms with van der Waals surface area (Å²) in [4.78, 5) is 6.43. The predicted octanol–water partition coefficient (Wildman–Crippen LogP) is 2.98. The Morgan fingerprint density at radius 3 is 2.42 bits per heavy atom. The van der Waals surface area contributed by atoms with E-state index >= 15 is 0 Å². The summed E-state index contributed by atoms with van der Waals surface area (Å²) in [5.74, 6) is -0.0405. The van der Waals surface area contributed by atoms with Gasteiger partial charge in [-0.2, -0.15) is 0 Å². The van der Waals surface area contributed by atoms with Gasteiger partial charge in [0.2, 0.25) is 0 Å². The molecule has 3 nitrogen and oxygen atoms in total. The van der Waals surface area contributed by atoms with Crippen LogP contribution in [0.25, 0.3) is 0 Å². The molecule has 4 heteroatoms. The van der Waals surface area contributed by atoms with Crippen molar-refractivity contribution in [2.75, 3.05) is 13.6 Å². The van der Waals surface area contributed by atoms with Crippen LogP contribution >= 0.6 is 0 Å². The molecule has 19 heavy (non-hydrogen) atoms. The number of aromatic nitrogens is 1. The fraction of sp³-hybridized carbons (Fsp3) is 0.667. The Bertz CT molecular complexity index is 362. The normalized spacial score (nSPS) is 14.9. The number of hydrogen-bond donors (Lipinski definition) is 1. The Morgan fingerprint density at radius 1 is 1.32 bits per heavy atom. The molecule has 0 spiro atoms. The van der Waals surface area contributed by atoms with E-state index in [1.54, 1.807) is 6.07 Å². The van der Waals surface area contributed by atoms with Gasteiger partial charge in [0.25, 0.3) is 0 Å². The Morgan fingerprint density at radius 2 is 1.95 bits per heavy atom. The van der Waals surface area contributed by atoms with E-state index in [9.17, 15) is 4.39 Å². The van der Waals surface area contributed by atoms with Crippen molar-refractivity contribution in [1.82, 2.24) is 9.88 Å². The lowest BCUT2D eigenvalue weighted by molar-refractivity contribution is 0.189. The summed E-state index contributed by atoms with van der Waals surface area (Å²) >= 11 is 0. The topological polar surface area (TPSA) is 42.1 Å². The first-order valence-electron chi connectivity index (χ1n) is 7.06. The SMILES string of the molecule is CCC(CC)N(C)CC(C)C(N)c1ccc(F)cn1. The van der Waals surface area contributed by atoms with Gasteiger partial charge >= 0.3 is 0 Å². The number of nitrogens with two attached hydrogens (primary N) is 1. The predicted molar refractivity (Wildman–Crippen MR) is 77.3 cm³/mol. The van der Waals surface area contributed by atoms with Crippen molar-refractivity contribution in [2.45, 2.75) is 45.7 Å². The highest BCUT2D eigenvalue weighted by molar-refractivity contribution is 5.10. The Labute approximate surface area is 116 Å².